The molecule has 0 spiro atoms. The summed E-state index contributed by atoms with van der Waals surface area (Å²) in [5.41, 5.74) is 2.37. The van der Waals surface area contributed by atoms with E-state index in [1.54, 1.807) is 17.5 Å². The van der Waals surface area contributed by atoms with Crippen LogP contribution in [0, 0.1) is 5.92 Å². The van der Waals surface area contributed by atoms with E-state index in [-0.39, 0.29) is 11.9 Å². The molecule has 5 nitrogen and oxygen atoms in total. The third kappa shape index (κ3) is 3.63. The van der Waals surface area contributed by atoms with E-state index in [2.05, 4.69) is 31.9 Å². The van der Waals surface area contributed by atoms with E-state index in [0.29, 0.717) is 5.92 Å². The first-order chi connectivity index (χ1) is 13.1. The molecular weight excluding hydrogens is 356 g/mol. The Morgan fingerprint density at radius 1 is 1.41 bits per heavy atom. The second kappa shape index (κ2) is 7.43. The van der Waals surface area contributed by atoms with Crippen molar-refractivity contribution >= 4 is 28.3 Å². The van der Waals surface area contributed by atoms with Crippen LogP contribution in [0.4, 0.5) is 0 Å². The summed E-state index contributed by atoms with van der Waals surface area (Å²) >= 11 is 1.64. The summed E-state index contributed by atoms with van der Waals surface area (Å²) in [7, 11) is 0. The minimum Gasteiger partial charge on any atom is -0.338 e. The number of aromatic nitrogens is 3. The third-order valence-corrected chi connectivity index (χ3v) is 5.91. The van der Waals surface area contributed by atoms with Gasteiger partial charge in [0.15, 0.2) is 5.65 Å². The highest BCUT2D eigenvalue weighted by molar-refractivity contribution is 7.13. The molecule has 3 aromatic heterocycles. The Bertz CT molecular complexity index is 941. The van der Waals surface area contributed by atoms with Crippen molar-refractivity contribution in [3.63, 3.8) is 0 Å². The Balaban J connectivity index is 1.83. The van der Waals surface area contributed by atoms with Gasteiger partial charge in [0.25, 0.3) is 5.91 Å². The molecule has 0 aromatic carbocycles. The zero-order valence-corrected chi connectivity index (χ0v) is 17.0. The molecule has 4 rings (SSSR count). The predicted octanol–water partition coefficient (Wildman–Crippen LogP) is 5.00. The van der Waals surface area contributed by atoms with Crippen LogP contribution in [0.2, 0.25) is 0 Å². The normalized spacial score (nSPS) is 14.2. The fourth-order valence-electron chi connectivity index (χ4n) is 3.45. The second-order valence-corrected chi connectivity index (χ2v) is 8.59. The van der Waals surface area contributed by atoms with Crippen molar-refractivity contribution in [3.8, 4) is 10.6 Å². The molecule has 0 bridgehead atoms. The van der Waals surface area contributed by atoms with Crippen LogP contribution in [0.25, 0.3) is 21.6 Å². The first kappa shape index (κ1) is 18.2. The quantitative estimate of drug-likeness (QED) is 0.577. The summed E-state index contributed by atoms with van der Waals surface area (Å²) in [6.45, 7) is 7.96. The van der Waals surface area contributed by atoms with Gasteiger partial charge in [-0.05, 0) is 56.5 Å². The van der Waals surface area contributed by atoms with Gasteiger partial charge < -0.3 is 4.90 Å². The molecule has 0 aliphatic heterocycles. The van der Waals surface area contributed by atoms with E-state index >= 15 is 0 Å². The van der Waals surface area contributed by atoms with Crippen LogP contribution in [0.15, 0.2) is 29.8 Å². The minimum atomic E-state index is 0.109. The lowest BCUT2D eigenvalue weighted by atomic mass is 10.1. The lowest BCUT2D eigenvalue weighted by Crippen LogP contribution is -2.33. The topological polar surface area (TPSA) is 51.0 Å². The molecule has 3 aromatic rings. The second-order valence-electron chi connectivity index (χ2n) is 7.65. The minimum absolute atomic E-state index is 0.109. The number of carbonyl (C=O) groups excluding carboxylic acids is 1. The maximum absolute atomic E-state index is 13.5. The molecular formula is C21H26N4OS. The third-order valence-electron chi connectivity index (χ3n) is 5.02. The molecule has 6 heteroatoms. The zero-order chi connectivity index (χ0) is 19.0. The molecule has 0 radical (unpaired) electrons. The lowest BCUT2D eigenvalue weighted by Gasteiger charge is -2.22. The van der Waals surface area contributed by atoms with Crippen LogP contribution in [0.1, 0.15) is 56.4 Å². The van der Waals surface area contributed by atoms with Gasteiger partial charge in [-0.25, -0.2) is 9.67 Å². The van der Waals surface area contributed by atoms with Gasteiger partial charge in [-0.1, -0.05) is 13.0 Å². The highest BCUT2D eigenvalue weighted by atomic mass is 32.1. The van der Waals surface area contributed by atoms with Gasteiger partial charge >= 0.3 is 0 Å². The SMILES string of the molecule is CCCN(CC1CC1)C(=O)c1cc(-c2cccs2)nc2c1cnn2C(C)C. The Kier molecular flexibility index (Phi) is 5.00. The van der Waals surface area contributed by atoms with Crippen LogP contribution in [0.5, 0.6) is 0 Å². The van der Waals surface area contributed by atoms with Gasteiger partial charge in [0.05, 0.1) is 27.7 Å². The molecule has 0 saturated heterocycles. The number of pyridine rings is 1. The zero-order valence-electron chi connectivity index (χ0n) is 16.2. The van der Waals surface area contributed by atoms with Gasteiger partial charge in [0.2, 0.25) is 0 Å². The first-order valence-electron chi connectivity index (χ1n) is 9.80. The summed E-state index contributed by atoms with van der Waals surface area (Å²) < 4.78 is 1.91. The molecule has 1 fully saturated rings. The van der Waals surface area contributed by atoms with Gasteiger partial charge in [0.1, 0.15) is 0 Å². The highest BCUT2D eigenvalue weighted by Crippen LogP contribution is 2.32. The Morgan fingerprint density at radius 3 is 2.85 bits per heavy atom. The van der Waals surface area contributed by atoms with E-state index in [1.165, 1.54) is 12.8 Å². The fourth-order valence-corrected chi connectivity index (χ4v) is 4.14. The molecule has 142 valence electrons. The van der Waals surface area contributed by atoms with Crippen LogP contribution < -0.4 is 0 Å². The molecule has 1 aliphatic rings. The summed E-state index contributed by atoms with van der Waals surface area (Å²) in [6.07, 6.45) is 5.25. The molecule has 0 unspecified atom stereocenters. The number of amides is 1. The number of thiophene rings is 1. The van der Waals surface area contributed by atoms with E-state index in [1.807, 2.05) is 27.1 Å². The van der Waals surface area contributed by atoms with Gasteiger partial charge in [0, 0.05) is 19.1 Å². The van der Waals surface area contributed by atoms with E-state index in [4.69, 9.17) is 4.98 Å². The summed E-state index contributed by atoms with van der Waals surface area (Å²) in [5.74, 6) is 0.783. The number of fused-ring (bicyclic) bond motifs is 1. The van der Waals surface area contributed by atoms with Crippen molar-refractivity contribution in [3.05, 3.63) is 35.3 Å². The molecule has 27 heavy (non-hydrogen) atoms. The largest absolute Gasteiger partial charge is 0.338 e. The highest BCUT2D eigenvalue weighted by Gasteiger charge is 2.28. The molecule has 3 heterocycles. The molecule has 1 aliphatic carbocycles. The lowest BCUT2D eigenvalue weighted by molar-refractivity contribution is 0.0749. The first-order valence-corrected chi connectivity index (χ1v) is 10.7. The smallest absolute Gasteiger partial charge is 0.254 e. The summed E-state index contributed by atoms with van der Waals surface area (Å²) in [6, 6.07) is 6.22. The van der Waals surface area contributed by atoms with Crippen molar-refractivity contribution in [2.45, 2.75) is 46.1 Å². The van der Waals surface area contributed by atoms with E-state index < -0.39 is 0 Å². The Labute approximate surface area is 164 Å². The molecule has 0 N–H and O–H groups in total. The maximum atomic E-state index is 13.5. The van der Waals surface area contributed by atoms with Crippen molar-refractivity contribution in [1.29, 1.82) is 0 Å². The van der Waals surface area contributed by atoms with Crippen molar-refractivity contribution < 1.29 is 4.79 Å². The van der Waals surface area contributed by atoms with E-state index in [0.717, 1.165) is 46.7 Å². The average molecular weight is 383 g/mol. The standard InChI is InChI=1S/C21H26N4OS/c1-4-9-24(13-15-7-8-15)21(26)16-11-18(19-6-5-10-27-19)23-20-17(16)12-22-25(20)14(2)3/h5-6,10-12,14-15H,4,7-9,13H2,1-3H3. The monoisotopic (exact) mass is 382 g/mol. The number of hydrogen-bond acceptors (Lipinski definition) is 4. The fraction of sp³-hybridized carbons (Fsp3) is 0.476. The van der Waals surface area contributed by atoms with Crippen molar-refractivity contribution in [2.75, 3.05) is 13.1 Å². The Morgan fingerprint density at radius 2 is 2.22 bits per heavy atom. The Hall–Kier alpha value is -2.21. The number of hydrogen-bond donors (Lipinski definition) is 0. The van der Waals surface area contributed by atoms with Crippen LogP contribution in [-0.4, -0.2) is 38.7 Å². The average Bonchev–Trinajstić information content (AvgIpc) is 3.13. The number of nitrogens with zero attached hydrogens (tertiary/aromatic N) is 4. The predicted molar refractivity (Wildman–Crippen MR) is 110 cm³/mol. The van der Waals surface area contributed by atoms with Gasteiger partial charge in [-0.3, -0.25) is 4.79 Å². The number of rotatable bonds is 7. The van der Waals surface area contributed by atoms with Crippen LogP contribution in [0.3, 0.4) is 0 Å². The summed E-state index contributed by atoms with van der Waals surface area (Å²) in [4.78, 5) is 21.4. The molecule has 1 saturated carbocycles. The molecule has 1 amide bonds. The summed E-state index contributed by atoms with van der Waals surface area (Å²) in [5, 5.41) is 7.42. The van der Waals surface area contributed by atoms with Gasteiger partial charge in [-0.15, -0.1) is 11.3 Å². The molecule has 0 atom stereocenters. The number of carbonyl (C=O) groups is 1. The van der Waals surface area contributed by atoms with Gasteiger partial charge in [-0.2, -0.15) is 5.10 Å². The van der Waals surface area contributed by atoms with Crippen molar-refractivity contribution in [1.82, 2.24) is 19.7 Å². The van der Waals surface area contributed by atoms with Crippen LogP contribution >= 0.6 is 11.3 Å². The van der Waals surface area contributed by atoms with Crippen molar-refractivity contribution in [2.24, 2.45) is 5.92 Å². The van der Waals surface area contributed by atoms with E-state index in [9.17, 15) is 4.79 Å². The van der Waals surface area contributed by atoms with Crippen LogP contribution in [-0.2, 0) is 0 Å². The maximum Gasteiger partial charge on any atom is 0.254 e.